The molecule has 0 radical (unpaired) electrons. The predicted molar refractivity (Wildman–Crippen MR) is 42.5 cm³/mol. The second-order valence-corrected chi connectivity index (χ2v) is 2.40. The van der Waals surface area contributed by atoms with Crippen molar-refractivity contribution in [2.24, 2.45) is 0 Å². The molecule has 0 atom stereocenters. The van der Waals surface area contributed by atoms with E-state index in [1.165, 1.54) is 0 Å². The van der Waals surface area contributed by atoms with Crippen LogP contribution < -0.4 is 5.32 Å². The summed E-state index contributed by atoms with van der Waals surface area (Å²) in [5.74, 6) is 0. The number of nitrogens with zero attached hydrogens (tertiary/aromatic N) is 1. The fourth-order valence-electron chi connectivity index (χ4n) is 1.09. The Morgan fingerprint density at radius 2 is 2.08 bits per heavy atom. The Hall–Kier alpha value is -0.237. The van der Waals surface area contributed by atoms with Crippen molar-refractivity contribution < 1.29 is 43.0 Å². The van der Waals surface area contributed by atoms with E-state index in [2.05, 4.69) is 10.6 Å². The number of hydrogen-bond acceptors (Lipinski definition) is 1. The van der Waals surface area contributed by atoms with Crippen molar-refractivity contribution in [3.63, 3.8) is 0 Å². The first-order valence-electron chi connectivity index (χ1n) is 3.42. The molecule has 66 valence electrons. The number of para-hydroxylation sites is 1. The monoisotopic (exact) mass is 311 g/mol. The number of benzene rings is 1. The van der Waals surface area contributed by atoms with Crippen molar-refractivity contribution in [3.05, 3.63) is 35.1 Å². The maximum absolute atomic E-state index is 10.7. The van der Waals surface area contributed by atoms with Crippen molar-refractivity contribution in [3.8, 4) is 0 Å². The summed E-state index contributed by atoms with van der Waals surface area (Å²) in [4.78, 5) is 10.7. The van der Waals surface area contributed by atoms with E-state index in [1.807, 2.05) is 24.3 Å². The normalized spacial score (nSPS) is 13.5. The van der Waals surface area contributed by atoms with Gasteiger partial charge >= 0.3 is 0 Å². The summed E-state index contributed by atoms with van der Waals surface area (Å²) in [5, 5.41) is 6.38. The van der Waals surface area contributed by atoms with Gasteiger partial charge in [0.15, 0.2) is 6.03 Å². The minimum atomic E-state index is -0.247. The second-order valence-electron chi connectivity index (χ2n) is 2.40. The molecule has 1 aromatic carbocycles. The number of hydrogen-bond donors (Lipinski definition) is 1. The Morgan fingerprint density at radius 3 is 2.92 bits per heavy atom. The molecule has 0 aliphatic carbocycles. The Labute approximate surface area is 101 Å². The predicted octanol–water partition coefficient (Wildman–Crippen LogP) is 2.11. The van der Waals surface area contributed by atoms with Crippen molar-refractivity contribution >= 4 is 11.7 Å². The summed E-state index contributed by atoms with van der Waals surface area (Å²) >= 11 is 0. The summed E-state index contributed by atoms with van der Waals surface area (Å²) in [6.45, 7) is 0.502. The van der Waals surface area contributed by atoms with Gasteiger partial charge in [0.05, 0.1) is 0 Å². The molecule has 0 saturated carbocycles. The molecule has 0 spiro atoms. The quantitative estimate of drug-likeness (QED) is 0.783. The number of anilines is 1. The fraction of sp³-hybridized carbons (Fsp3) is 0.125. The molecule has 1 heterocycles. The minimum Gasteiger partial charge on any atom is -0.426 e. The van der Waals surface area contributed by atoms with Crippen molar-refractivity contribution in [2.75, 3.05) is 5.32 Å². The average Bonchev–Trinajstić information content (AvgIpc) is 2.04. The molecule has 0 fully saturated rings. The maximum Gasteiger partial charge on any atom is 0.156 e. The van der Waals surface area contributed by atoms with E-state index in [-0.39, 0.29) is 44.2 Å². The molecule has 0 unspecified atom stereocenters. The third-order valence-corrected chi connectivity index (χ3v) is 1.65. The molecule has 0 bridgehead atoms. The Bertz CT molecular complexity index is 301. The fourth-order valence-corrected chi connectivity index (χ4v) is 1.09. The van der Waals surface area contributed by atoms with Gasteiger partial charge in [-0.25, -0.2) is 0 Å². The number of amides is 2. The van der Waals surface area contributed by atoms with Gasteiger partial charge < -0.3 is 10.6 Å². The first-order valence-corrected chi connectivity index (χ1v) is 3.42. The summed E-state index contributed by atoms with van der Waals surface area (Å²) in [6, 6.07) is 7.42. The van der Waals surface area contributed by atoms with E-state index < -0.39 is 0 Å². The smallest absolute Gasteiger partial charge is 0.156 e. The zero-order chi connectivity index (χ0) is 7.68. The van der Waals surface area contributed by atoms with Crippen LogP contribution in [0.25, 0.3) is 5.32 Å². The van der Waals surface area contributed by atoms with Crippen LogP contribution >= 0.6 is 0 Å². The van der Waals surface area contributed by atoms with Crippen molar-refractivity contribution in [1.29, 1.82) is 0 Å². The van der Waals surface area contributed by atoms with Gasteiger partial charge in [-0.1, -0.05) is 24.3 Å². The van der Waals surface area contributed by atoms with E-state index in [0.29, 0.717) is 6.54 Å². The van der Waals surface area contributed by atoms with Crippen molar-refractivity contribution in [1.82, 2.24) is 0 Å². The van der Waals surface area contributed by atoms with Crippen LogP contribution in [0.1, 0.15) is 5.56 Å². The first kappa shape index (κ1) is 9.85. The molecule has 0 aromatic heterocycles. The van der Waals surface area contributed by atoms with Crippen LogP contribution in [0.5, 0.6) is 0 Å². The van der Waals surface area contributed by atoms with Crippen LogP contribution in [0.3, 0.4) is 0 Å². The number of rotatable bonds is 0. The van der Waals surface area contributed by atoms with Crippen LogP contribution in [-0.4, -0.2) is 6.03 Å². The number of urea groups is 1. The number of nitrogens with one attached hydrogen (secondary N) is 1. The third-order valence-electron chi connectivity index (χ3n) is 1.65. The van der Waals surface area contributed by atoms with Crippen LogP contribution in [0.15, 0.2) is 24.3 Å². The van der Waals surface area contributed by atoms with Crippen molar-refractivity contribution in [2.45, 2.75) is 6.54 Å². The Morgan fingerprint density at radius 1 is 1.33 bits per heavy atom. The molecule has 2 amide bonds. The van der Waals surface area contributed by atoms with Crippen LogP contribution in [0, 0.1) is 38.2 Å². The Balaban J connectivity index is 0.000000720. The maximum atomic E-state index is 10.7. The van der Waals surface area contributed by atoms with E-state index in [9.17, 15) is 4.79 Å². The number of carbonyl (C=O) groups excluding carboxylic acids is 1. The van der Waals surface area contributed by atoms with Gasteiger partial charge in [0, 0.05) is 38.2 Å². The number of fused-ring (bicyclic) bond motifs is 1. The largest absolute Gasteiger partial charge is 0.426 e. The SMILES string of the molecule is O=C1[N-]Cc2ccccc2N1.[Dy]. The molecule has 1 aliphatic heterocycles. The summed E-state index contributed by atoms with van der Waals surface area (Å²) < 4.78 is 0. The van der Waals surface area contributed by atoms with Gasteiger partial charge in [0.25, 0.3) is 0 Å². The number of carbonyl (C=O) groups is 1. The zero-order valence-corrected chi connectivity index (χ0v) is 8.22. The standard InChI is InChI=1S/C8H8N2O.Dy/c11-8-9-5-6-3-1-2-4-7(6)10-8;/h1-4H,5H2,(H2,9,10,11);/p-1. The molecular formula is C8H7DyN2O-. The second kappa shape index (κ2) is 4.13. The van der Waals surface area contributed by atoms with E-state index in [4.69, 9.17) is 0 Å². The van der Waals surface area contributed by atoms with Gasteiger partial charge in [-0.15, -0.1) is 0 Å². The van der Waals surface area contributed by atoms with Gasteiger partial charge in [0.2, 0.25) is 0 Å². The summed E-state index contributed by atoms with van der Waals surface area (Å²) in [7, 11) is 0. The molecule has 1 aromatic rings. The molecule has 12 heavy (non-hydrogen) atoms. The van der Waals surface area contributed by atoms with E-state index >= 15 is 0 Å². The van der Waals surface area contributed by atoms with Gasteiger partial charge in [-0.05, 0) is 17.8 Å². The van der Waals surface area contributed by atoms with E-state index in [1.54, 1.807) is 0 Å². The third kappa shape index (κ3) is 1.92. The molecule has 3 nitrogen and oxygen atoms in total. The molecule has 1 N–H and O–H groups in total. The summed E-state index contributed by atoms with van der Waals surface area (Å²) in [6.07, 6.45) is 0. The minimum absolute atomic E-state index is 0. The zero-order valence-electron chi connectivity index (χ0n) is 6.19. The van der Waals surface area contributed by atoms with Crippen LogP contribution in [0.4, 0.5) is 10.5 Å². The molecule has 4 heteroatoms. The Kier molecular flexibility index (Phi) is 3.39. The van der Waals surface area contributed by atoms with Gasteiger partial charge in [-0.3, -0.25) is 4.79 Å². The summed E-state index contributed by atoms with van der Waals surface area (Å²) in [5.41, 5.74) is 1.96. The molecule has 2 rings (SSSR count). The molecule has 0 saturated heterocycles. The van der Waals surface area contributed by atoms with Gasteiger partial charge in [-0.2, -0.15) is 0 Å². The topological polar surface area (TPSA) is 43.2 Å². The van der Waals surface area contributed by atoms with Crippen LogP contribution in [0.2, 0.25) is 0 Å². The van der Waals surface area contributed by atoms with E-state index in [0.717, 1.165) is 11.3 Å². The van der Waals surface area contributed by atoms with Gasteiger partial charge in [0.1, 0.15) is 0 Å². The first-order chi connectivity index (χ1) is 5.36. The van der Waals surface area contributed by atoms with Crippen LogP contribution in [-0.2, 0) is 6.54 Å². The average molecular weight is 310 g/mol. The molecular weight excluding hydrogens is 303 g/mol. The molecule has 1 aliphatic rings.